The highest BCUT2D eigenvalue weighted by Crippen LogP contribution is 2.19. The van der Waals surface area contributed by atoms with Crippen LogP contribution < -0.4 is 0 Å². The van der Waals surface area contributed by atoms with Crippen LogP contribution in [0.2, 0.25) is 0 Å². The van der Waals surface area contributed by atoms with E-state index in [-0.39, 0.29) is 17.1 Å². The predicted molar refractivity (Wildman–Crippen MR) is 68.5 cm³/mol. The quantitative estimate of drug-likeness (QED) is 0.699. The lowest BCUT2D eigenvalue weighted by Crippen LogP contribution is -2.17. The minimum absolute atomic E-state index is 0.176. The van der Waals surface area contributed by atoms with Crippen LogP contribution in [0.25, 0.3) is 0 Å². The molecule has 0 spiro atoms. The molecule has 86 valence electrons. The standard InChI is InChI=1S/C15H20O/c1-12(13-8-6-5-7-9-13)10-11-14(16)15(2,3)4/h5-12H,1-4H3/b11-10+. The van der Waals surface area contributed by atoms with E-state index in [1.807, 2.05) is 45.0 Å². The zero-order valence-corrected chi connectivity index (χ0v) is 10.5. The Kier molecular flexibility index (Phi) is 4.05. The van der Waals surface area contributed by atoms with Crippen molar-refractivity contribution in [3.63, 3.8) is 0 Å². The van der Waals surface area contributed by atoms with Crippen LogP contribution in [0.1, 0.15) is 39.2 Å². The van der Waals surface area contributed by atoms with Crippen molar-refractivity contribution >= 4 is 5.78 Å². The second-order valence-corrected chi connectivity index (χ2v) is 5.17. The summed E-state index contributed by atoms with van der Waals surface area (Å²) in [5.41, 5.74) is 0.952. The van der Waals surface area contributed by atoms with Gasteiger partial charge in [0.05, 0.1) is 0 Å². The number of benzene rings is 1. The van der Waals surface area contributed by atoms with Crippen molar-refractivity contribution < 1.29 is 4.79 Å². The Labute approximate surface area is 98.2 Å². The number of rotatable bonds is 3. The lowest BCUT2D eigenvalue weighted by atomic mass is 9.89. The lowest BCUT2D eigenvalue weighted by molar-refractivity contribution is -0.121. The Bertz CT molecular complexity index is 368. The molecule has 16 heavy (non-hydrogen) atoms. The van der Waals surface area contributed by atoms with Crippen molar-refractivity contribution in [1.82, 2.24) is 0 Å². The van der Waals surface area contributed by atoms with E-state index < -0.39 is 0 Å². The summed E-state index contributed by atoms with van der Waals surface area (Å²) in [5, 5.41) is 0. The third-order valence-corrected chi connectivity index (χ3v) is 2.60. The molecule has 0 heterocycles. The number of allylic oxidation sites excluding steroid dienone is 2. The van der Waals surface area contributed by atoms with Gasteiger partial charge in [0, 0.05) is 5.41 Å². The van der Waals surface area contributed by atoms with Crippen LogP contribution in [0.4, 0.5) is 0 Å². The zero-order chi connectivity index (χ0) is 12.2. The van der Waals surface area contributed by atoms with E-state index in [1.165, 1.54) is 5.56 Å². The van der Waals surface area contributed by atoms with Crippen molar-refractivity contribution in [3.8, 4) is 0 Å². The van der Waals surface area contributed by atoms with Gasteiger partial charge in [-0.3, -0.25) is 4.79 Å². The smallest absolute Gasteiger partial charge is 0.160 e. The third-order valence-electron chi connectivity index (χ3n) is 2.60. The topological polar surface area (TPSA) is 17.1 Å². The molecule has 0 saturated heterocycles. The van der Waals surface area contributed by atoms with Gasteiger partial charge in [-0.1, -0.05) is 64.1 Å². The van der Waals surface area contributed by atoms with Gasteiger partial charge in [-0.2, -0.15) is 0 Å². The zero-order valence-electron chi connectivity index (χ0n) is 10.5. The first-order valence-electron chi connectivity index (χ1n) is 5.69. The van der Waals surface area contributed by atoms with Crippen molar-refractivity contribution in [2.75, 3.05) is 0 Å². The summed E-state index contributed by atoms with van der Waals surface area (Å²) in [7, 11) is 0. The summed E-state index contributed by atoms with van der Waals surface area (Å²) in [6, 6.07) is 10.2. The summed E-state index contributed by atoms with van der Waals surface area (Å²) in [6.45, 7) is 7.91. The number of hydrogen-bond acceptors (Lipinski definition) is 1. The monoisotopic (exact) mass is 216 g/mol. The fourth-order valence-corrected chi connectivity index (χ4v) is 1.35. The van der Waals surface area contributed by atoms with Crippen molar-refractivity contribution in [2.24, 2.45) is 5.41 Å². The van der Waals surface area contributed by atoms with Gasteiger partial charge in [0.1, 0.15) is 0 Å². The maximum atomic E-state index is 11.7. The lowest BCUT2D eigenvalue weighted by Gasteiger charge is -2.14. The van der Waals surface area contributed by atoms with Crippen molar-refractivity contribution in [2.45, 2.75) is 33.6 Å². The predicted octanol–water partition coefficient (Wildman–Crippen LogP) is 3.96. The Morgan fingerprint density at radius 1 is 1.19 bits per heavy atom. The summed E-state index contributed by atoms with van der Waals surface area (Å²) in [6.07, 6.45) is 3.68. The van der Waals surface area contributed by atoms with Crippen molar-refractivity contribution in [1.29, 1.82) is 0 Å². The average molecular weight is 216 g/mol. The molecule has 1 atom stereocenters. The average Bonchev–Trinajstić information content (AvgIpc) is 2.25. The van der Waals surface area contributed by atoms with E-state index in [0.29, 0.717) is 0 Å². The highest BCUT2D eigenvalue weighted by molar-refractivity contribution is 5.93. The first-order valence-corrected chi connectivity index (χ1v) is 5.69. The number of hydrogen-bond donors (Lipinski definition) is 0. The Morgan fingerprint density at radius 3 is 2.25 bits per heavy atom. The molecule has 0 aliphatic rings. The molecule has 0 aliphatic heterocycles. The van der Waals surface area contributed by atoms with Crippen LogP contribution in [0, 0.1) is 5.41 Å². The highest BCUT2D eigenvalue weighted by Gasteiger charge is 2.18. The van der Waals surface area contributed by atoms with Gasteiger partial charge in [-0.25, -0.2) is 0 Å². The minimum atomic E-state index is -0.285. The van der Waals surface area contributed by atoms with Crippen LogP contribution in [0.15, 0.2) is 42.5 Å². The number of carbonyl (C=O) groups is 1. The van der Waals surface area contributed by atoms with Gasteiger partial charge in [0.25, 0.3) is 0 Å². The molecule has 0 saturated carbocycles. The molecule has 1 rings (SSSR count). The molecule has 0 fully saturated rings. The van der Waals surface area contributed by atoms with E-state index in [0.717, 1.165) is 0 Å². The molecular weight excluding hydrogens is 196 g/mol. The second kappa shape index (κ2) is 5.11. The van der Waals surface area contributed by atoms with Gasteiger partial charge >= 0.3 is 0 Å². The van der Waals surface area contributed by atoms with Crippen molar-refractivity contribution in [3.05, 3.63) is 48.0 Å². The molecule has 1 nitrogen and oxygen atoms in total. The SMILES string of the molecule is CC(/C=C/C(=O)C(C)(C)C)c1ccccc1. The normalized spacial score (nSPS) is 14.0. The first-order chi connectivity index (χ1) is 7.41. The van der Waals surface area contributed by atoms with Gasteiger partial charge in [0.15, 0.2) is 5.78 Å². The Morgan fingerprint density at radius 2 is 1.75 bits per heavy atom. The molecule has 1 heteroatoms. The molecule has 0 bridgehead atoms. The van der Waals surface area contributed by atoms with Crippen LogP contribution in [0.5, 0.6) is 0 Å². The molecular formula is C15H20O. The fourth-order valence-electron chi connectivity index (χ4n) is 1.35. The largest absolute Gasteiger partial charge is 0.294 e. The first kappa shape index (κ1) is 12.7. The van der Waals surface area contributed by atoms with Gasteiger partial charge in [-0.15, -0.1) is 0 Å². The fraction of sp³-hybridized carbons (Fsp3) is 0.400. The minimum Gasteiger partial charge on any atom is -0.294 e. The third kappa shape index (κ3) is 3.65. The van der Waals surface area contributed by atoms with E-state index in [1.54, 1.807) is 6.08 Å². The van der Waals surface area contributed by atoms with E-state index in [4.69, 9.17) is 0 Å². The Balaban J connectivity index is 2.69. The van der Waals surface area contributed by atoms with Gasteiger partial charge in [-0.05, 0) is 17.6 Å². The Hall–Kier alpha value is -1.37. The molecule has 0 aliphatic carbocycles. The molecule has 0 N–H and O–H groups in total. The van der Waals surface area contributed by atoms with Gasteiger partial charge < -0.3 is 0 Å². The second-order valence-electron chi connectivity index (χ2n) is 5.17. The molecule has 0 aromatic heterocycles. The van der Waals surface area contributed by atoms with Crippen LogP contribution in [-0.2, 0) is 4.79 Å². The van der Waals surface area contributed by atoms with Gasteiger partial charge in [0.2, 0.25) is 0 Å². The summed E-state index contributed by atoms with van der Waals surface area (Å²) in [5.74, 6) is 0.461. The maximum Gasteiger partial charge on any atom is 0.160 e. The molecule has 0 amide bonds. The maximum absolute atomic E-state index is 11.7. The van der Waals surface area contributed by atoms with E-state index in [2.05, 4.69) is 19.1 Å². The van der Waals surface area contributed by atoms with Crippen LogP contribution >= 0.6 is 0 Å². The molecule has 1 unspecified atom stereocenters. The summed E-state index contributed by atoms with van der Waals surface area (Å²) >= 11 is 0. The number of carbonyl (C=O) groups excluding carboxylic acids is 1. The van der Waals surface area contributed by atoms with E-state index >= 15 is 0 Å². The molecule has 1 aromatic carbocycles. The summed E-state index contributed by atoms with van der Waals surface area (Å²) < 4.78 is 0. The van der Waals surface area contributed by atoms with Crippen LogP contribution in [0.3, 0.4) is 0 Å². The molecule has 0 radical (unpaired) electrons. The highest BCUT2D eigenvalue weighted by atomic mass is 16.1. The summed E-state index contributed by atoms with van der Waals surface area (Å²) in [4.78, 5) is 11.7. The number of ketones is 1. The van der Waals surface area contributed by atoms with E-state index in [9.17, 15) is 4.79 Å². The van der Waals surface area contributed by atoms with Crippen LogP contribution in [-0.4, -0.2) is 5.78 Å². The molecule has 1 aromatic rings.